The standard InChI is InChI=1S/C41H48F2N6O12/c1-20-8-30-41(57)61-22(3)35(40(56)49-17-27(50)15-29(49)39(55)47-6-7-58-18-31(47)37(53)44-21(2)38(54)48(30)16-20)46-36(52)28(11-24-9-25(42)14-26(43)10-24)45-34(51)13-23-4-5-32-33(12-23)60-19-59-32/h4-5,9-10,12,14,20-22,27-31,35,50H,6-8,11,13,15-19H2,1-3H3,(H,44,53)(H,45,51)(H,46,52)/t20-,21+,22+,27-,28+,29+,30+,31+,35+/m1/s1. The van der Waals surface area contributed by atoms with Gasteiger partial charge in [0.15, 0.2) is 11.5 Å². The third-order valence-electron chi connectivity index (χ3n) is 11.5. The predicted molar refractivity (Wildman–Crippen MR) is 205 cm³/mol. The monoisotopic (exact) mass is 854 g/mol. The molecule has 5 aliphatic rings. The van der Waals surface area contributed by atoms with E-state index in [9.17, 15) is 47.4 Å². The molecule has 328 valence electrons. The second-order valence-electron chi connectivity index (χ2n) is 16.2. The fraction of sp³-hybridized carbons (Fsp3) is 0.537. The average molecular weight is 855 g/mol. The number of carbonyl (C=O) groups is 7. The van der Waals surface area contributed by atoms with E-state index >= 15 is 0 Å². The lowest BCUT2D eigenvalue weighted by Gasteiger charge is -2.39. The van der Waals surface area contributed by atoms with Crippen molar-refractivity contribution < 1.29 is 66.4 Å². The molecule has 0 spiro atoms. The highest BCUT2D eigenvalue weighted by Gasteiger charge is 2.49. The summed E-state index contributed by atoms with van der Waals surface area (Å²) < 4.78 is 50.9. The van der Waals surface area contributed by atoms with Crippen molar-refractivity contribution in [1.29, 1.82) is 0 Å². The van der Waals surface area contributed by atoms with Gasteiger partial charge < -0.3 is 54.7 Å². The fourth-order valence-electron chi connectivity index (χ4n) is 8.50. The molecule has 5 heterocycles. The van der Waals surface area contributed by atoms with Gasteiger partial charge in [0.1, 0.15) is 54.0 Å². The summed E-state index contributed by atoms with van der Waals surface area (Å²) in [6.45, 7) is 4.16. The molecule has 0 saturated carbocycles. The normalized spacial score (nSPS) is 28.7. The Kier molecular flexibility index (Phi) is 12.7. The smallest absolute Gasteiger partial charge is 0.329 e. The number of amides is 6. The van der Waals surface area contributed by atoms with Gasteiger partial charge in [0, 0.05) is 38.5 Å². The average Bonchev–Trinajstić information content (AvgIpc) is 3.96. The first-order valence-electron chi connectivity index (χ1n) is 20.2. The Bertz CT molecular complexity index is 2070. The Balaban J connectivity index is 1.22. The summed E-state index contributed by atoms with van der Waals surface area (Å²) in [4.78, 5) is 102. The summed E-state index contributed by atoms with van der Waals surface area (Å²) in [5, 5.41) is 18.7. The van der Waals surface area contributed by atoms with Crippen LogP contribution in [-0.4, -0.2) is 149 Å². The van der Waals surface area contributed by atoms with E-state index in [1.165, 1.54) is 23.6 Å². The van der Waals surface area contributed by atoms with Crippen LogP contribution in [0.5, 0.6) is 11.5 Å². The Morgan fingerprint density at radius 3 is 2.33 bits per heavy atom. The molecule has 0 aromatic heterocycles. The molecule has 61 heavy (non-hydrogen) atoms. The highest BCUT2D eigenvalue weighted by molar-refractivity contribution is 5.98. The van der Waals surface area contributed by atoms with Crippen molar-refractivity contribution in [3.8, 4) is 11.5 Å². The van der Waals surface area contributed by atoms with Crippen molar-refractivity contribution in [2.75, 3.05) is 39.6 Å². The minimum absolute atomic E-state index is 0.00338. The lowest BCUT2D eigenvalue weighted by atomic mass is 10.0. The number of cyclic esters (lactones) is 1. The first-order chi connectivity index (χ1) is 29.1. The van der Waals surface area contributed by atoms with Gasteiger partial charge in [0.2, 0.25) is 42.2 Å². The molecule has 0 unspecified atom stereocenters. The summed E-state index contributed by atoms with van der Waals surface area (Å²) in [6, 6.07) is -0.744. The number of esters is 1. The number of aliphatic hydroxyl groups is 1. The maximum absolute atomic E-state index is 14.8. The van der Waals surface area contributed by atoms with E-state index in [0.717, 1.165) is 17.0 Å². The number of aliphatic hydroxyl groups excluding tert-OH is 1. The van der Waals surface area contributed by atoms with Crippen LogP contribution in [0.4, 0.5) is 8.78 Å². The first kappa shape index (κ1) is 43.2. The molecule has 2 aromatic carbocycles. The van der Waals surface area contributed by atoms with Crippen molar-refractivity contribution in [3.63, 3.8) is 0 Å². The number of nitrogens with zero attached hydrogens (tertiary/aromatic N) is 3. The molecule has 6 amide bonds. The number of ether oxygens (including phenoxy) is 4. The molecule has 4 N–H and O–H groups in total. The molecule has 0 aliphatic carbocycles. The molecule has 4 fully saturated rings. The number of nitrogens with one attached hydrogen (secondary N) is 3. The summed E-state index contributed by atoms with van der Waals surface area (Å²) in [6.07, 6.45) is -3.47. The van der Waals surface area contributed by atoms with Crippen molar-refractivity contribution in [2.24, 2.45) is 5.92 Å². The van der Waals surface area contributed by atoms with Crippen LogP contribution in [0.25, 0.3) is 0 Å². The third kappa shape index (κ3) is 9.54. The number of benzene rings is 2. The SMILES string of the molecule is C[C@@H]1C[C@H]2C(=O)O[C@@H](C)[C@H](NC(=O)[C@H](Cc3cc(F)cc(F)c3)NC(=O)Cc3ccc4c(c3)OCO4)C(=O)N3C[C@H](O)C[C@H]3C(=O)N3CCOC[C@H]3C(=O)N[C@@H](C)C(=O)N2C1. The van der Waals surface area contributed by atoms with E-state index in [0.29, 0.717) is 23.1 Å². The van der Waals surface area contributed by atoms with Crippen LogP contribution in [-0.2, 0) is 55.9 Å². The van der Waals surface area contributed by atoms with E-state index in [4.69, 9.17) is 18.9 Å². The molecule has 9 atom stereocenters. The zero-order valence-corrected chi connectivity index (χ0v) is 33.8. The predicted octanol–water partition coefficient (Wildman–Crippen LogP) is -0.675. The van der Waals surface area contributed by atoms with Crippen LogP contribution in [0.15, 0.2) is 36.4 Å². The van der Waals surface area contributed by atoms with Gasteiger partial charge in [-0.3, -0.25) is 28.8 Å². The summed E-state index contributed by atoms with van der Waals surface area (Å²) >= 11 is 0. The van der Waals surface area contributed by atoms with Gasteiger partial charge in [-0.25, -0.2) is 13.6 Å². The minimum Gasteiger partial charge on any atom is -0.458 e. The van der Waals surface area contributed by atoms with E-state index in [-0.39, 0.29) is 70.4 Å². The molecule has 20 heteroatoms. The fourth-order valence-corrected chi connectivity index (χ4v) is 8.50. The van der Waals surface area contributed by atoms with E-state index < -0.39 is 108 Å². The lowest BCUT2D eigenvalue weighted by molar-refractivity contribution is -0.164. The Morgan fingerprint density at radius 2 is 1.57 bits per heavy atom. The van der Waals surface area contributed by atoms with Gasteiger partial charge in [0.05, 0.1) is 25.7 Å². The molecule has 18 nitrogen and oxygen atoms in total. The number of morpholine rings is 1. The van der Waals surface area contributed by atoms with Crippen LogP contribution in [0.2, 0.25) is 0 Å². The molecule has 0 bridgehead atoms. The Labute approximate surface area is 349 Å². The zero-order valence-electron chi connectivity index (χ0n) is 33.8. The number of halogens is 2. The van der Waals surface area contributed by atoms with Gasteiger partial charge in [-0.1, -0.05) is 13.0 Å². The number of rotatable bonds is 7. The Hall–Kier alpha value is -5.89. The van der Waals surface area contributed by atoms with Gasteiger partial charge >= 0.3 is 5.97 Å². The molecular formula is C41H48F2N6O12. The summed E-state index contributed by atoms with van der Waals surface area (Å²) in [7, 11) is 0. The highest BCUT2D eigenvalue weighted by Crippen LogP contribution is 2.33. The number of carbonyl (C=O) groups excluding carboxylic acids is 7. The molecule has 0 radical (unpaired) electrons. The quantitative estimate of drug-likeness (QED) is 0.255. The maximum atomic E-state index is 14.8. The van der Waals surface area contributed by atoms with Gasteiger partial charge in [-0.2, -0.15) is 0 Å². The van der Waals surface area contributed by atoms with Crippen LogP contribution < -0.4 is 25.4 Å². The second-order valence-corrected chi connectivity index (χ2v) is 16.2. The van der Waals surface area contributed by atoms with E-state index in [2.05, 4.69) is 16.0 Å². The van der Waals surface area contributed by atoms with Gasteiger partial charge in [-0.05, 0) is 61.6 Å². The molecule has 2 aromatic rings. The van der Waals surface area contributed by atoms with Crippen LogP contribution in [0.1, 0.15) is 44.7 Å². The number of fused-ring (bicyclic) bond motifs is 4. The molecule has 7 rings (SSSR count). The van der Waals surface area contributed by atoms with Crippen molar-refractivity contribution in [1.82, 2.24) is 30.7 Å². The van der Waals surface area contributed by atoms with E-state index in [1.807, 2.05) is 6.92 Å². The van der Waals surface area contributed by atoms with Gasteiger partial charge in [0.25, 0.3) is 0 Å². The highest BCUT2D eigenvalue weighted by atomic mass is 19.1. The maximum Gasteiger partial charge on any atom is 0.329 e. The second kappa shape index (κ2) is 18.0. The summed E-state index contributed by atoms with van der Waals surface area (Å²) in [5.41, 5.74) is 0.467. The lowest BCUT2D eigenvalue weighted by Crippen LogP contribution is -2.64. The molecular weight excluding hydrogens is 806 g/mol. The Morgan fingerprint density at radius 1 is 0.852 bits per heavy atom. The van der Waals surface area contributed by atoms with Crippen molar-refractivity contribution in [2.45, 2.75) is 94.9 Å². The topological polar surface area (TPSA) is 222 Å². The van der Waals surface area contributed by atoms with Crippen LogP contribution in [0, 0.1) is 17.6 Å². The van der Waals surface area contributed by atoms with Crippen LogP contribution >= 0.6 is 0 Å². The van der Waals surface area contributed by atoms with Crippen molar-refractivity contribution >= 4 is 41.4 Å². The zero-order chi connectivity index (χ0) is 43.7. The van der Waals surface area contributed by atoms with Crippen LogP contribution in [0.3, 0.4) is 0 Å². The van der Waals surface area contributed by atoms with E-state index in [1.54, 1.807) is 18.2 Å². The number of hydrogen-bond acceptors (Lipinski definition) is 12. The molecule has 4 saturated heterocycles. The first-order valence-corrected chi connectivity index (χ1v) is 20.2. The third-order valence-corrected chi connectivity index (χ3v) is 11.5. The van der Waals surface area contributed by atoms with Gasteiger partial charge in [-0.15, -0.1) is 0 Å². The van der Waals surface area contributed by atoms with Crippen molar-refractivity contribution in [3.05, 3.63) is 59.2 Å². The minimum atomic E-state index is -1.77. The molecule has 5 aliphatic heterocycles. The largest absolute Gasteiger partial charge is 0.458 e. The number of hydrogen-bond donors (Lipinski definition) is 4. The summed E-state index contributed by atoms with van der Waals surface area (Å²) in [5.74, 6) is -6.74.